The van der Waals surface area contributed by atoms with Gasteiger partial charge in [0.05, 0.1) is 0 Å². The maximum absolute atomic E-state index is 11.6. The van der Waals surface area contributed by atoms with Gasteiger partial charge in [-0.2, -0.15) is 0 Å². The summed E-state index contributed by atoms with van der Waals surface area (Å²) < 4.78 is 0. The van der Waals surface area contributed by atoms with E-state index in [1.807, 2.05) is 62.4 Å². The van der Waals surface area contributed by atoms with Crippen LogP contribution in [0.3, 0.4) is 0 Å². The molecule has 0 spiro atoms. The summed E-state index contributed by atoms with van der Waals surface area (Å²) in [4.78, 5) is 11.6. The number of hydrogen-bond acceptors (Lipinski definition) is 1. The number of benzene rings is 1. The third-order valence-corrected chi connectivity index (χ3v) is 1.95. The fraction of sp³-hybridized carbons (Fsp3) is 0.154. The molecule has 2 N–H and O–H groups in total. The lowest BCUT2D eigenvalue weighted by molar-refractivity contribution is 0.254. The molecular weight excluding hydrogens is 200 g/mol. The molecule has 0 atom stereocenters. The third-order valence-electron chi connectivity index (χ3n) is 1.95. The van der Waals surface area contributed by atoms with Gasteiger partial charge in [0.25, 0.3) is 0 Å². The Bertz CT molecular complexity index is 394. The Kier molecular flexibility index (Phi) is 4.86. The van der Waals surface area contributed by atoms with Crippen molar-refractivity contribution >= 4 is 11.7 Å². The zero-order chi connectivity index (χ0) is 11.8. The number of urea groups is 1. The molecular formula is C13H16N2O. The Morgan fingerprint density at radius 2 is 1.88 bits per heavy atom. The highest BCUT2D eigenvalue weighted by Gasteiger charge is 2.00. The second-order valence-corrected chi connectivity index (χ2v) is 3.19. The number of para-hydroxylation sites is 1. The Morgan fingerprint density at radius 3 is 2.44 bits per heavy atom. The van der Waals surface area contributed by atoms with Gasteiger partial charge in [-0.05, 0) is 32.1 Å². The summed E-state index contributed by atoms with van der Waals surface area (Å²) in [7, 11) is 0. The molecule has 16 heavy (non-hydrogen) atoms. The Hall–Kier alpha value is -2.03. The average molecular weight is 216 g/mol. The van der Waals surface area contributed by atoms with E-state index in [-0.39, 0.29) is 6.03 Å². The molecule has 0 saturated heterocycles. The number of anilines is 1. The van der Waals surface area contributed by atoms with Gasteiger partial charge in [-0.15, -0.1) is 0 Å². The van der Waals surface area contributed by atoms with Crippen LogP contribution in [-0.2, 0) is 0 Å². The van der Waals surface area contributed by atoms with E-state index in [0.29, 0.717) is 0 Å². The summed E-state index contributed by atoms with van der Waals surface area (Å²) in [5.41, 5.74) is 1.55. The summed E-state index contributed by atoms with van der Waals surface area (Å²) in [6.07, 6.45) is 5.55. The fourth-order valence-corrected chi connectivity index (χ4v) is 1.20. The second-order valence-electron chi connectivity index (χ2n) is 3.19. The Labute approximate surface area is 95.9 Å². The molecule has 0 aromatic heterocycles. The van der Waals surface area contributed by atoms with Crippen LogP contribution in [0.2, 0.25) is 0 Å². The highest BCUT2D eigenvalue weighted by atomic mass is 16.2. The first kappa shape index (κ1) is 12.0. The van der Waals surface area contributed by atoms with E-state index >= 15 is 0 Å². The van der Waals surface area contributed by atoms with E-state index in [1.165, 1.54) is 0 Å². The molecule has 1 aromatic carbocycles. The van der Waals surface area contributed by atoms with Crippen molar-refractivity contribution in [2.75, 3.05) is 5.32 Å². The van der Waals surface area contributed by atoms with Crippen LogP contribution in [0.15, 0.2) is 54.3 Å². The van der Waals surface area contributed by atoms with Gasteiger partial charge in [0.1, 0.15) is 0 Å². The van der Waals surface area contributed by atoms with Crippen molar-refractivity contribution < 1.29 is 4.79 Å². The minimum Gasteiger partial charge on any atom is -0.308 e. The number of carbonyl (C=O) groups excluding carboxylic acids is 1. The fourth-order valence-electron chi connectivity index (χ4n) is 1.20. The van der Waals surface area contributed by atoms with Crippen LogP contribution in [0.5, 0.6) is 0 Å². The molecule has 2 amide bonds. The van der Waals surface area contributed by atoms with Crippen LogP contribution in [0.25, 0.3) is 0 Å². The van der Waals surface area contributed by atoms with Crippen molar-refractivity contribution in [3.05, 3.63) is 54.3 Å². The SMILES string of the molecule is C/C=C\C(=C/C)NC(=O)Nc1ccccc1. The largest absolute Gasteiger partial charge is 0.323 e. The minimum absolute atomic E-state index is 0.239. The summed E-state index contributed by atoms with van der Waals surface area (Å²) in [6.45, 7) is 3.78. The molecule has 0 saturated carbocycles. The monoisotopic (exact) mass is 216 g/mol. The zero-order valence-electron chi connectivity index (χ0n) is 9.53. The smallest absolute Gasteiger partial charge is 0.308 e. The van der Waals surface area contributed by atoms with Gasteiger partial charge in [-0.25, -0.2) is 4.79 Å². The van der Waals surface area contributed by atoms with Crippen molar-refractivity contribution in [1.82, 2.24) is 5.32 Å². The van der Waals surface area contributed by atoms with Crippen molar-refractivity contribution in [3.8, 4) is 0 Å². The van der Waals surface area contributed by atoms with Crippen molar-refractivity contribution in [1.29, 1.82) is 0 Å². The lowest BCUT2D eigenvalue weighted by atomic mass is 10.3. The molecule has 3 heteroatoms. The molecule has 3 nitrogen and oxygen atoms in total. The molecule has 84 valence electrons. The summed E-state index contributed by atoms with van der Waals surface area (Å²) in [5.74, 6) is 0. The van der Waals surface area contributed by atoms with Crippen LogP contribution in [0.4, 0.5) is 10.5 Å². The zero-order valence-corrected chi connectivity index (χ0v) is 9.53. The summed E-state index contributed by atoms with van der Waals surface area (Å²) in [6, 6.07) is 9.09. The van der Waals surface area contributed by atoms with E-state index < -0.39 is 0 Å². The first-order chi connectivity index (χ1) is 7.76. The van der Waals surface area contributed by atoms with Crippen molar-refractivity contribution in [2.45, 2.75) is 13.8 Å². The standard InChI is InChI=1S/C13H16N2O/c1-3-8-11(4-2)14-13(16)15-12-9-6-5-7-10-12/h3-10H,1-2H3,(H2,14,15,16)/b8-3-,11-4+. The van der Waals surface area contributed by atoms with Gasteiger partial charge in [-0.1, -0.05) is 30.4 Å². The number of allylic oxidation sites excluding steroid dienone is 3. The Morgan fingerprint density at radius 1 is 1.19 bits per heavy atom. The molecule has 0 bridgehead atoms. The van der Waals surface area contributed by atoms with Crippen molar-refractivity contribution in [2.24, 2.45) is 0 Å². The molecule has 0 aliphatic heterocycles. The number of amides is 2. The predicted octanol–water partition coefficient (Wildman–Crippen LogP) is 3.29. The van der Waals surface area contributed by atoms with Crippen LogP contribution >= 0.6 is 0 Å². The number of rotatable bonds is 3. The summed E-state index contributed by atoms with van der Waals surface area (Å²) >= 11 is 0. The van der Waals surface area contributed by atoms with Gasteiger partial charge in [0.2, 0.25) is 0 Å². The molecule has 0 aliphatic rings. The van der Waals surface area contributed by atoms with Crippen LogP contribution < -0.4 is 10.6 Å². The third kappa shape index (κ3) is 4.00. The average Bonchev–Trinajstić information content (AvgIpc) is 2.29. The topological polar surface area (TPSA) is 41.1 Å². The number of nitrogens with one attached hydrogen (secondary N) is 2. The van der Waals surface area contributed by atoms with E-state index in [0.717, 1.165) is 11.4 Å². The van der Waals surface area contributed by atoms with Gasteiger partial charge in [-0.3, -0.25) is 0 Å². The van der Waals surface area contributed by atoms with Crippen LogP contribution in [0, 0.1) is 0 Å². The highest BCUT2D eigenvalue weighted by molar-refractivity contribution is 5.90. The molecule has 0 heterocycles. The van der Waals surface area contributed by atoms with Gasteiger partial charge >= 0.3 is 6.03 Å². The molecule has 0 fully saturated rings. The van der Waals surface area contributed by atoms with Crippen LogP contribution in [-0.4, -0.2) is 6.03 Å². The number of hydrogen-bond donors (Lipinski definition) is 2. The van der Waals surface area contributed by atoms with Crippen LogP contribution in [0.1, 0.15) is 13.8 Å². The Balaban J connectivity index is 2.54. The lowest BCUT2D eigenvalue weighted by Gasteiger charge is -2.07. The molecule has 0 aliphatic carbocycles. The maximum Gasteiger partial charge on any atom is 0.323 e. The quantitative estimate of drug-likeness (QED) is 0.748. The van der Waals surface area contributed by atoms with E-state index in [4.69, 9.17) is 0 Å². The van der Waals surface area contributed by atoms with Gasteiger partial charge in [0, 0.05) is 11.4 Å². The van der Waals surface area contributed by atoms with E-state index in [2.05, 4.69) is 10.6 Å². The second kappa shape index (κ2) is 6.45. The first-order valence-corrected chi connectivity index (χ1v) is 5.18. The molecule has 0 unspecified atom stereocenters. The summed E-state index contributed by atoms with van der Waals surface area (Å²) in [5, 5.41) is 5.48. The normalized spacial score (nSPS) is 11.5. The van der Waals surface area contributed by atoms with Gasteiger partial charge in [0.15, 0.2) is 0 Å². The van der Waals surface area contributed by atoms with E-state index in [9.17, 15) is 4.79 Å². The maximum atomic E-state index is 11.6. The van der Waals surface area contributed by atoms with Crippen molar-refractivity contribution in [3.63, 3.8) is 0 Å². The molecule has 1 rings (SSSR count). The number of carbonyl (C=O) groups is 1. The molecule has 1 aromatic rings. The van der Waals surface area contributed by atoms with Gasteiger partial charge < -0.3 is 10.6 Å². The predicted molar refractivity (Wildman–Crippen MR) is 67.2 cm³/mol. The molecule has 0 radical (unpaired) electrons. The highest BCUT2D eigenvalue weighted by Crippen LogP contribution is 2.04. The first-order valence-electron chi connectivity index (χ1n) is 5.18. The minimum atomic E-state index is -0.239. The van der Waals surface area contributed by atoms with E-state index in [1.54, 1.807) is 0 Å². The lowest BCUT2D eigenvalue weighted by Crippen LogP contribution is -2.27.